The van der Waals surface area contributed by atoms with Gasteiger partial charge in [0, 0.05) is 5.38 Å². The zero-order chi connectivity index (χ0) is 14.6. The molecule has 0 aliphatic carbocycles. The van der Waals surface area contributed by atoms with Crippen molar-refractivity contribution in [2.24, 2.45) is 5.73 Å². The van der Waals surface area contributed by atoms with E-state index in [1.54, 1.807) is 13.2 Å². The molecule has 5 nitrogen and oxygen atoms in total. The summed E-state index contributed by atoms with van der Waals surface area (Å²) in [5.74, 6) is 0.592. The van der Waals surface area contributed by atoms with Crippen molar-refractivity contribution in [3.8, 4) is 10.8 Å². The second kappa shape index (κ2) is 6.19. The van der Waals surface area contributed by atoms with Crippen LogP contribution in [0.1, 0.15) is 32.4 Å². The van der Waals surface area contributed by atoms with Gasteiger partial charge in [-0.1, -0.05) is 13.3 Å². The van der Waals surface area contributed by atoms with Crippen LogP contribution < -0.4 is 11.1 Å². The predicted molar refractivity (Wildman–Crippen MR) is 79.2 cm³/mol. The predicted octanol–water partition coefficient (Wildman–Crippen LogP) is 2.54. The van der Waals surface area contributed by atoms with Crippen LogP contribution >= 0.6 is 11.3 Å². The number of nitrogens with one attached hydrogen (secondary N) is 1. The first-order valence-corrected chi connectivity index (χ1v) is 7.46. The van der Waals surface area contributed by atoms with Gasteiger partial charge in [0.05, 0.1) is 24.0 Å². The molecular formula is C14H19N3O2S. The summed E-state index contributed by atoms with van der Waals surface area (Å²) in [5.41, 5.74) is 5.96. The van der Waals surface area contributed by atoms with Crippen molar-refractivity contribution in [3.05, 3.63) is 29.5 Å². The third kappa shape index (κ3) is 3.46. The number of nitrogens with zero attached hydrogens (tertiary/aromatic N) is 1. The van der Waals surface area contributed by atoms with E-state index in [4.69, 9.17) is 10.2 Å². The molecule has 0 aliphatic heterocycles. The van der Waals surface area contributed by atoms with Crippen molar-refractivity contribution in [2.75, 3.05) is 0 Å². The van der Waals surface area contributed by atoms with Gasteiger partial charge in [-0.3, -0.25) is 4.79 Å². The molecule has 1 unspecified atom stereocenters. The number of aromatic nitrogens is 1. The van der Waals surface area contributed by atoms with Gasteiger partial charge in [-0.05, 0) is 25.5 Å². The Morgan fingerprint density at radius 2 is 2.40 bits per heavy atom. The van der Waals surface area contributed by atoms with E-state index in [0.717, 1.165) is 22.9 Å². The molecule has 2 rings (SSSR count). The second-order valence-electron chi connectivity index (χ2n) is 4.97. The molecule has 3 N–H and O–H groups in total. The van der Waals surface area contributed by atoms with Crippen LogP contribution in [-0.4, -0.2) is 16.4 Å². The summed E-state index contributed by atoms with van der Waals surface area (Å²) in [6.07, 6.45) is 3.15. The van der Waals surface area contributed by atoms with Crippen LogP contribution in [0.5, 0.6) is 0 Å². The number of carbonyl (C=O) groups excluding carboxylic acids is 1. The molecule has 2 aromatic rings. The largest absolute Gasteiger partial charge is 0.462 e. The van der Waals surface area contributed by atoms with Crippen molar-refractivity contribution < 1.29 is 9.21 Å². The maximum Gasteiger partial charge on any atom is 0.240 e. The maximum absolute atomic E-state index is 12.0. The lowest BCUT2D eigenvalue weighted by atomic mass is 9.96. The van der Waals surface area contributed by atoms with Crippen LogP contribution in [0.4, 0.5) is 0 Å². The van der Waals surface area contributed by atoms with Gasteiger partial charge in [0.25, 0.3) is 0 Å². The average molecular weight is 293 g/mol. The second-order valence-corrected chi connectivity index (χ2v) is 5.83. The molecule has 2 aromatic heterocycles. The Morgan fingerprint density at radius 3 is 3.05 bits per heavy atom. The Hall–Kier alpha value is -1.66. The fourth-order valence-electron chi connectivity index (χ4n) is 1.91. The molecule has 1 amide bonds. The Labute approximate surface area is 122 Å². The number of carbonyl (C=O) groups is 1. The lowest BCUT2D eigenvalue weighted by Gasteiger charge is -2.22. The van der Waals surface area contributed by atoms with Crippen molar-refractivity contribution in [3.63, 3.8) is 0 Å². The number of thiazole rings is 1. The van der Waals surface area contributed by atoms with Crippen molar-refractivity contribution in [1.29, 1.82) is 0 Å². The number of nitrogens with two attached hydrogens (primary N) is 1. The van der Waals surface area contributed by atoms with Crippen LogP contribution in [0.15, 0.2) is 28.2 Å². The number of amides is 1. The molecule has 1 atom stereocenters. The van der Waals surface area contributed by atoms with E-state index < -0.39 is 5.54 Å². The van der Waals surface area contributed by atoms with Crippen LogP contribution in [0.3, 0.4) is 0 Å². The summed E-state index contributed by atoms with van der Waals surface area (Å²) in [5, 5.41) is 5.55. The average Bonchev–Trinajstić information content (AvgIpc) is 3.06. The van der Waals surface area contributed by atoms with E-state index in [0.29, 0.717) is 13.0 Å². The molecule has 0 radical (unpaired) electrons. The summed E-state index contributed by atoms with van der Waals surface area (Å²) in [4.78, 5) is 16.4. The lowest BCUT2D eigenvalue weighted by molar-refractivity contribution is -0.126. The molecule has 2 heterocycles. The molecule has 0 saturated heterocycles. The van der Waals surface area contributed by atoms with Gasteiger partial charge in [0.1, 0.15) is 0 Å². The molecule has 0 bridgehead atoms. The van der Waals surface area contributed by atoms with E-state index in [2.05, 4.69) is 10.3 Å². The zero-order valence-electron chi connectivity index (χ0n) is 11.7. The highest BCUT2D eigenvalue weighted by molar-refractivity contribution is 7.13. The number of furan rings is 1. The fourth-order valence-corrected chi connectivity index (χ4v) is 2.69. The first kappa shape index (κ1) is 14.7. The Kier molecular flexibility index (Phi) is 4.57. The molecule has 0 aliphatic rings. The summed E-state index contributed by atoms with van der Waals surface area (Å²) in [7, 11) is 0. The molecule has 0 fully saturated rings. The monoisotopic (exact) mass is 293 g/mol. The van der Waals surface area contributed by atoms with Gasteiger partial charge in [0.15, 0.2) is 10.8 Å². The number of hydrogen-bond acceptors (Lipinski definition) is 5. The van der Waals surface area contributed by atoms with Gasteiger partial charge in [-0.15, -0.1) is 11.3 Å². The SMILES string of the molecule is CCCC(C)(N)C(=O)NCc1csc(-c2ccco2)n1. The Balaban J connectivity index is 1.93. The minimum absolute atomic E-state index is 0.146. The summed E-state index contributed by atoms with van der Waals surface area (Å²) in [6, 6.07) is 3.68. The normalized spacial score (nSPS) is 13.9. The van der Waals surface area contributed by atoms with E-state index in [-0.39, 0.29) is 5.91 Å². The molecule has 0 saturated carbocycles. The first-order valence-electron chi connectivity index (χ1n) is 6.58. The third-order valence-corrected chi connectivity index (χ3v) is 3.91. The molecule has 6 heteroatoms. The molecule has 108 valence electrons. The van der Waals surface area contributed by atoms with Crippen molar-refractivity contribution in [1.82, 2.24) is 10.3 Å². The zero-order valence-corrected chi connectivity index (χ0v) is 12.5. The van der Waals surface area contributed by atoms with E-state index in [9.17, 15) is 4.79 Å². The van der Waals surface area contributed by atoms with Crippen molar-refractivity contribution >= 4 is 17.2 Å². The highest BCUT2D eigenvalue weighted by atomic mass is 32.1. The van der Waals surface area contributed by atoms with Gasteiger partial charge >= 0.3 is 0 Å². The third-order valence-electron chi connectivity index (χ3n) is 3.00. The Morgan fingerprint density at radius 1 is 1.60 bits per heavy atom. The minimum Gasteiger partial charge on any atom is -0.462 e. The lowest BCUT2D eigenvalue weighted by Crippen LogP contribution is -2.51. The first-order chi connectivity index (χ1) is 9.53. The van der Waals surface area contributed by atoms with E-state index >= 15 is 0 Å². The summed E-state index contributed by atoms with van der Waals surface area (Å²) in [6.45, 7) is 4.14. The van der Waals surface area contributed by atoms with E-state index in [1.165, 1.54) is 11.3 Å². The number of rotatable bonds is 6. The quantitative estimate of drug-likeness (QED) is 0.857. The highest BCUT2D eigenvalue weighted by Crippen LogP contribution is 2.23. The summed E-state index contributed by atoms with van der Waals surface area (Å²) < 4.78 is 5.29. The minimum atomic E-state index is -0.825. The topological polar surface area (TPSA) is 81.2 Å². The molecule has 0 aromatic carbocycles. The Bertz CT molecular complexity index is 561. The highest BCUT2D eigenvalue weighted by Gasteiger charge is 2.26. The molecule has 0 spiro atoms. The van der Waals surface area contributed by atoms with Gasteiger partial charge in [-0.25, -0.2) is 4.98 Å². The fraction of sp³-hybridized carbons (Fsp3) is 0.429. The standard InChI is InChI=1S/C14H19N3O2S/c1-3-6-14(2,15)13(18)16-8-10-9-20-12(17-10)11-5-4-7-19-11/h4-5,7,9H,3,6,8,15H2,1-2H3,(H,16,18). The van der Waals surface area contributed by atoms with Crippen LogP contribution in [0.25, 0.3) is 10.8 Å². The number of hydrogen-bond donors (Lipinski definition) is 2. The molecular weight excluding hydrogens is 274 g/mol. The van der Waals surface area contributed by atoms with Gasteiger partial charge in [-0.2, -0.15) is 0 Å². The maximum atomic E-state index is 12.0. The van der Waals surface area contributed by atoms with Crippen LogP contribution in [0.2, 0.25) is 0 Å². The molecule has 20 heavy (non-hydrogen) atoms. The van der Waals surface area contributed by atoms with Crippen molar-refractivity contribution in [2.45, 2.75) is 38.8 Å². The van der Waals surface area contributed by atoms with Crippen LogP contribution in [0, 0.1) is 0 Å². The van der Waals surface area contributed by atoms with Gasteiger partial charge in [0.2, 0.25) is 5.91 Å². The van der Waals surface area contributed by atoms with Crippen LogP contribution in [-0.2, 0) is 11.3 Å². The summed E-state index contributed by atoms with van der Waals surface area (Å²) >= 11 is 1.49. The van der Waals surface area contributed by atoms with E-state index in [1.807, 2.05) is 24.4 Å². The van der Waals surface area contributed by atoms with Gasteiger partial charge < -0.3 is 15.5 Å². The smallest absolute Gasteiger partial charge is 0.240 e.